The highest BCUT2D eigenvalue weighted by molar-refractivity contribution is 7.99. The molecular weight excluding hydrogens is 194 g/mol. The van der Waals surface area contributed by atoms with Gasteiger partial charge in [-0.05, 0) is 12.2 Å². The van der Waals surface area contributed by atoms with Crippen LogP contribution in [0.5, 0.6) is 0 Å². The van der Waals surface area contributed by atoms with E-state index >= 15 is 0 Å². The summed E-state index contributed by atoms with van der Waals surface area (Å²) < 4.78 is 0. The van der Waals surface area contributed by atoms with E-state index in [2.05, 4.69) is 16.9 Å². The second-order valence-corrected chi connectivity index (χ2v) is 3.96. The fourth-order valence-electron chi connectivity index (χ4n) is 1.03. The van der Waals surface area contributed by atoms with Gasteiger partial charge in [0.2, 0.25) is 0 Å². The Labute approximate surface area is 88.6 Å². The molecule has 0 bridgehead atoms. The number of hydrogen-bond donors (Lipinski definition) is 0. The second-order valence-electron chi connectivity index (χ2n) is 2.88. The molecule has 0 amide bonds. The van der Waals surface area contributed by atoms with Gasteiger partial charge in [-0.3, -0.25) is 0 Å². The summed E-state index contributed by atoms with van der Waals surface area (Å²) in [6.07, 6.45) is 6.79. The predicted molar refractivity (Wildman–Crippen MR) is 57.0 cm³/mol. The molecule has 0 aromatic carbocycles. The van der Waals surface area contributed by atoms with Crippen molar-refractivity contribution < 1.29 is 0 Å². The zero-order valence-corrected chi connectivity index (χ0v) is 9.05. The van der Waals surface area contributed by atoms with Gasteiger partial charge in [-0.1, -0.05) is 19.8 Å². The van der Waals surface area contributed by atoms with Crippen LogP contribution in [0.25, 0.3) is 0 Å². The van der Waals surface area contributed by atoms with Crippen molar-refractivity contribution in [3.8, 4) is 6.07 Å². The summed E-state index contributed by atoms with van der Waals surface area (Å²) in [5.41, 5.74) is 0.439. The van der Waals surface area contributed by atoms with Gasteiger partial charge in [-0.2, -0.15) is 5.26 Å². The molecule has 0 N–H and O–H groups in total. The van der Waals surface area contributed by atoms with Crippen molar-refractivity contribution >= 4 is 11.8 Å². The smallest absolute Gasteiger partial charge is 0.172 e. The highest BCUT2D eigenvalue weighted by Gasteiger charge is 2.03. The zero-order valence-electron chi connectivity index (χ0n) is 8.23. The maximum atomic E-state index is 8.76. The van der Waals surface area contributed by atoms with E-state index in [9.17, 15) is 0 Å². The standard InChI is InChI=1S/C10H13N3S/c1-2-3-4-7-14-10-9(8-11)12-5-6-13-10/h5-6H,2-4,7H2,1H3. The molecule has 1 heterocycles. The zero-order chi connectivity index (χ0) is 10.2. The number of nitrogens with zero attached hydrogens (tertiary/aromatic N) is 3. The van der Waals surface area contributed by atoms with Crippen molar-refractivity contribution in [1.29, 1.82) is 5.26 Å². The molecule has 1 aromatic heterocycles. The quantitative estimate of drug-likeness (QED) is 0.550. The van der Waals surface area contributed by atoms with E-state index in [0.29, 0.717) is 5.69 Å². The molecule has 74 valence electrons. The van der Waals surface area contributed by atoms with Gasteiger partial charge in [0, 0.05) is 12.4 Å². The number of thioether (sulfide) groups is 1. The Bertz CT molecular complexity index is 319. The lowest BCUT2D eigenvalue weighted by Crippen LogP contribution is -1.91. The minimum atomic E-state index is 0.439. The molecule has 0 atom stereocenters. The molecule has 4 heteroatoms. The van der Waals surface area contributed by atoms with E-state index in [-0.39, 0.29) is 0 Å². The van der Waals surface area contributed by atoms with Gasteiger partial charge in [-0.15, -0.1) is 11.8 Å². The summed E-state index contributed by atoms with van der Waals surface area (Å²) in [7, 11) is 0. The second kappa shape index (κ2) is 6.39. The molecule has 0 spiro atoms. The van der Waals surface area contributed by atoms with Crippen molar-refractivity contribution in [2.24, 2.45) is 0 Å². The monoisotopic (exact) mass is 207 g/mol. The lowest BCUT2D eigenvalue weighted by atomic mass is 10.3. The highest BCUT2D eigenvalue weighted by Crippen LogP contribution is 2.18. The number of unbranched alkanes of at least 4 members (excludes halogenated alkanes) is 2. The molecule has 0 aliphatic heterocycles. The van der Waals surface area contributed by atoms with E-state index in [1.54, 1.807) is 24.2 Å². The van der Waals surface area contributed by atoms with Crippen LogP contribution in [0.1, 0.15) is 31.9 Å². The molecule has 1 rings (SSSR count). The lowest BCUT2D eigenvalue weighted by Gasteiger charge is -2.00. The Balaban J connectivity index is 2.46. The summed E-state index contributed by atoms with van der Waals surface area (Å²) >= 11 is 1.62. The Morgan fingerprint density at radius 1 is 1.36 bits per heavy atom. The molecule has 3 nitrogen and oxygen atoms in total. The van der Waals surface area contributed by atoms with Crippen LogP contribution in [0, 0.1) is 11.3 Å². The fraction of sp³-hybridized carbons (Fsp3) is 0.500. The summed E-state index contributed by atoms with van der Waals surface area (Å²) in [6.45, 7) is 2.17. The first-order chi connectivity index (χ1) is 6.88. The van der Waals surface area contributed by atoms with Crippen molar-refractivity contribution in [2.75, 3.05) is 5.75 Å². The first-order valence-electron chi connectivity index (χ1n) is 4.72. The van der Waals surface area contributed by atoms with Crippen LogP contribution in [0.15, 0.2) is 17.4 Å². The van der Waals surface area contributed by atoms with E-state index in [0.717, 1.165) is 10.8 Å². The van der Waals surface area contributed by atoms with Gasteiger partial charge in [0.25, 0.3) is 0 Å². The van der Waals surface area contributed by atoms with E-state index in [4.69, 9.17) is 5.26 Å². The van der Waals surface area contributed by atoms with Crippen molar-refractivity contribution in [2.45, 2.75) is 31.2 Å². The molecule has 0 aliphatic rings. The average molecular weight is 207 g/mol. The highest BCUT2D eigenvalue weighted by atomic mass is 32.2. The molecule has 0 radical (unpaired) electrons. The van der Waals surface area contributed by atoms with Crippen molar-refractivity contribution in [3.05, 3.63) is 18.1 Å². The van der Waals surface area contributed by atoms with Gasteiger partial charge in [-0.25, -0.2) is 9.97 Å². The SMILES string of the molecule is CCCCCSc1nccnc1C#N. The third kappa shape index (κ3) is 3.35. The third-order valence-electron chi connectivity index (χ3n) is 1.76. The molecule has 14 heavy (non-hydrogen) atoms. The predicted octanol–water partition coefficient (Wildman–Crippen LogP) is 2.63. The lowest BCUT2D eigenvalue weighted by molar-refractivity contribution is 0.778. The van der Waals surface area contributed by atoms with Crippen molar-refractivity contribution in [3.63, 3.8) is 0 Å². The van der Waals surface area contributed by atoms with Gasteiger partial charge in [0.1, 0.15) is 11.1 Å². The van der Waals surface area contributed by atoms with Crippen LogP contribution in [0.3, 0.4) is 0 Å². The first kappa shape index (κ1) is 11.0. The summed E-state index contributed by atoms with van der Waals surface area (Å²) in [5.74, 6) is 1.02. The molecule has 0 fully saturated rings. The maximum Gasteiger partial charge on any atom is 0.172 e. The van der Waals surface area contributed by atoms with E-state index in [1.165, 1.54) is 19.3 Å². The molecule has 0 saturated carbocycles. The van der Waals surface area contributed by atoms with E-state index < -0.39 is 0 Å². The molecule has 0 saturated heterocycles. The van der Waals surface area contributed by atoms with Crippen LogP contribution < -0.4 is 0 Å². The Morgan fingerprint density at radius 2 is 2.14 bits per heavy atom. The summed E-state index contributed by atoms with van der Waals surface area (Å²) in [6, 6.07) is 2.04. The minimum Gasteiger partial charge on any atom is -0.245 e. The van der Waals surface area contributed by atoms with Crippen LogP contribution in [0.4, 0.5) is 0 Å². The number of aromatic nitrogens is 2. The molecule has 0 unspecified atom stereocenters. The molecule has 0 aliphatic carbocycles. The largest absolute Gasteiger partial charge is 0.245 e. The number of rotatable bonds is 5. The Morgan fingerprint density at radius 3 is 2.86 bits per heavy atom. The van der Waals surface area contributed by atoms with Gasteiger partial charge < -0.3 is 0 Å². The van der Waals surface area contributed by atoms with Crippen LogP contribution in [0.2, 0.25) is 0 Å². The average Bonchev–Trinajstić information content (AvgIpc) is 2.25. The van der Waals surface area contributed by atoms with E-state index in [1.807, 2.05) is 6.07 Å². The van der Waals surface area contributed by atoms with Crippen molar-refractivity contribution in [1.82, 2.24) is 9.97 Å². The van der Waals surface area contributed by atoms with Gasteiger partial charge in [0.05, 0.1) is 0 Å². The van der Waals surface area contributed by atoms with Crippen LogP contribution in [-0.4, -0.2) is 15.7 Å². The van der Waals surface area contributed by atoms with Crippen LogP contribution >= 0.6 is 11.8 Å². The first-order valence-corrected chi connectivity index (χ1v) is 5.71. The molecular formula is C10H13N3S. The summed E-state index contributed by atoms with van der Waals surface area (Å²) in [4.78, 5) is 8.08. The molecule has 1 aromatic rings. The van der Waals surface area contributed by atoms with Crippen LogP contribution in [-0.2, 0) is 0 Å². The van der Waals surface area contributed by atoms with Gasteiger partial charge in [0.15, 0.2) is 5.69 Å². The topological polar surface area (TPSA) is 49.6 Å². The number of hydrogen-bond acceptors (Lipinski definition) is 4. The minimum absolute atomic E-state index is 0.439. The maximum absolute atomic E-state index is 8.76. The van der Waals surface area contributed by atoms with Gasteiger partial charge >= 0.3 is 0 Å². The Kier molecular flexibility index (Phi) is 5.02. The fourth-order valence-corrected chi connectivity index (χ4v) is 1.94. The summed E-state index contributed by atoms with van der Waals surface area (Å²) in [5, 5.41) is 9.51. The third-order valence-corrected chi connectivity index (χ3v) is 2.82. The normalized spacial score (nSPS) is 9.71. The Hall–Kier alpha value is -1.08. The number of nitriles is 1.